The van der Waals surface area contributed by atoms with Crippen LogP contribution < -0.4 is 5.32 Å². The van der Waals surface area contributed by atoms with Crippen LogP contribution in [0.5, 0.6) is 5.88 Å². The normalized spacial score (nSPS) is 11.0. The molecular formula is C14H12F2N4O. The van der Waals surface area contributed by atoms with Crippen LogP contribution in [0.2, 0.25) is 0 Å². The maximum atomic E-state index is 13.9. The molecule has 108 valence electrons. The molecule has 3 aromatic rings. The van der Waals surface area contributed by atoms with Crippen molar-refractivity contribution in [1.82, 2.24) is 15.0 Å². The van der Waals surface area contributed by atoms with Crippen molar-refractivity contribution in [2.24, 2.45) is 0 Å². The predicted octanol–water partition coefficient (Wildman–Crippen LogP) is 3.04. The highest BCUT2D eigenvalue weighted by Gasteiger charge is 2.18. The van der Waals surface area contributed by atoms with Crippen molar-refractivity contribution in [3.8, 4) is 17.3 Å². The van der Waals surface area contributed by atoms with Gasteiger partial charge in [-0.1, -0.05) is 6.07 Å². The van der Waals surface area contributed by atoms with Crippen molar-refractivity contribution >= 4 is 16.7 Å². The van der Waals surface area contributed by atoms with Gasteiger partial charge >= 0.3 is 0 Å². The smallest absolute Gasteiger partial charge is 0.201 e. The molecule has 0 unspecified atom stereocenters. The van der Waals surface area contributed by atoms with Gasteiger partial charge in [0.15, 0.2) is 5.82 Å². The molecule has 0 fully saturated rings. The summed E-state index contributed by atoms with van der Waals surface area (Å²) in [5, 5.41) is 13.1. The molecule has 3 N–H and O–H groups in total. The van der Waals surface area contributed by atoms with Crippen LogP contribution in [-0.4, -0.2) is 26.6 Å². The fourth-order valence-corrected chi connectivity index (χ4v) is 2.14. The molecule has 21 heavy (non-hydrogen) atoms. The maximum Gasteiger partial charge on any atom is 0.201 e. The molecule has 0 saturated heterocycles. The van der Waals surface area contributed by atoms with E-state index in [0.717, 1.165) is 12.1 Å². The van der Waals surface area contributed by atoms with Crippen LogP contribution in [0.1, 0.15) is 6.92 Å². The highest BCUT2D eigenvalue weighted by atomic mass is 19.1. The number of rotatable bonds is 3. The van der Waals surface area contributed by atoms with Crippen molar-refractivity contribution in [2.45, 2.75) is 6.92 Å². The van der Waals surface area contributed by atoms with Crippen LogP contribution in [0, 0.1) is 11.6 Å². The Morgan fingerprint density at radius 2 is 1.95 bits per heavy atom. The molecule has 1 aromatic carbocycles. The van der Waals surface area contributed by atoms with Gasteiger partial charge in [-0.2, -0.15) is 0 Å². The average Bonchev–Trinajstić information content (AvgIpc) is 2.81. The fourth-order valence-electron chi connectivity index (χ4n) is 2.14. The lowest BCUT2D eigenvalue weighted by molar-refractivity contribution is 0.462. The summed E-state index contributed by atoms with van der Waals surface area (Å²) in [7, 11) is 0. The molecule has 0 spiro atoms. The summed E-state index contributed by atoms with van der Waals surface area (Å²) in [5.74, 6) is -1.33. The minimum Gasteiger partial charge on any atom is -0.494 e. The molecule has 0 amide bonds. The van der Waals surface area contributed by atoms with Crippen molar-refractivity contribution in [3.63, 3.8) is 0 Å². The summed E-state index contributed by atoms with van der Waals surface area (Å²) in [4.78, 5) is 10.9. The van der Waals surface area contributed by atoms with Gasteiger partial charge < -0.3 is 15.4 Å². The van der Waals surface area contributed by atoms with E-state index in [1.165, 1.54) is 12.3 Å². The number of aromatic hydroxyl groups is 1. The number of nitrogens with one attached hydrogen (secondary N) is 2. The van der Waals surface area contributed by atoms with E-state index in [1.807, 2.05) is 6.92 Å². The van der Waals surface area contributed by atoms with Gasteiger partial charge in [-0.05, 0) is 19.1 Å². The molecule has 2 aromatic heterocycles. The van der Waals surface area contributed by atoms with Crippen molar-refractivity contribution in [2.75, 3.05) is 11.9 Å². The van der Waals surface area contributed by atoms with Gasteiger partial charge in [0, 0.05) is 12.7 Å². The Morgan fingerprint density at radius 3 is 2.62 bits per heavy atom. The Hall–Kier alpha value is -2.70. The van der Waals surface area contributed by atoms with Crippen molar-refractivity contribution in [1.29, 1.82) is 0 Å². The number of halogens is 2. The first-order chi connectivity index (χ1) is 10.1. The largest absolute Gasteiger partial charge is 0.494 e. The summed E-state index contributed by atoms with van der Waals surface area (Å²) in [6.07, 6.45) is 1.45. The van der Waals surface area contributed by atoms with Gasteiger partial charge in [0.1, 0.15) is 22.8 Å². The van der Waals surface area contributed by atoms with Crippen LogP contribution in [0.15, 0.2) is 24.4 Å². The summed E-state index contributed by atoms with van der Waals surface area (Å²) in [5.41, 5.74) is 0.0790. The average molecular weight is 290 g/mol. The molecule has 3 rings (SSSR count). The van der Waals surface area contributed by atoms with E-state index in [-0.39, 0.29) is 17.3 Å². The molecule has 0 bridgehead atoms. The van der Waals surface area contributed by atoms with Crippen molar-refractivity contribution < 1.29 is 13.9 Å². The molecule has 2 heterocycles. The number of benzene rings is 1. The molecule has 0 aliphatic carbocycles. The SMILES string of the molecule is CCNc1nc(-c2c(F)cccc2F)nc2c[nH]c(O)c12. The Labute approximate surface area is 118 Å². The molecular weight excluding hydrogens is 278 g/mol. The first-order valence-electron chi connectivity index (χ1n) is 6.38. The molecule has 0 aliphatic rings. The number of anilines is 1. The molecule has 0 saturated carbocycles. The maximum absolute atomic E-state index is 13.9. The second-order valence-electron chi connectivity index (χ2n) is 4.42. The minimum absolute atomic E-state index is 0.0759. The van der Waals surface area contributed by atoms with E-state index in [9.17, 15) is 13.9 Å². The zero-order chi connectivity index (χ0) is 15.0. The third-order valence-corrected chi connectivity index (χ3v) is 3.05. The topological polar surface area (TPSA) is 73.8 Å². The summed E-state index contributed by atoms with van der Waals surface area (Å²) >= 11 is 0. The summed E-state index contributed by atoms with van der Waals surface area (Å²) in [6.45, 7) is 2.39. The zero-order valence-corrected chi connectivity index (χ0v) is 11.1. The lowest BCUT2D eigenvalue weighted by Crippen LogP contribution is -2.03. The van der Waals surface area contributed by atoms with Crippen LogP contribution in [-0.2, 0) is 0 Å². The Bertz CT molecular complexity index is 796. The first-order valence-corrected chi connectivity index (χ1v) is 6.38. The van der Waals surface area contributed by atoms with E-state index in [2.05, 4.69) is 20.3 Å². The van der Waals surface area contributed by atoms with E-state index in [1.54, 1.807) is 0 Å². The molecule has 0 radical (unpaired) electrons. The first kappa shape index (κ1) is 13.3. The van der Waals surface area contributed by atoms with E-state index in [4.69, 9.17) is 0 Å². The Balaban J connectivity index is 2.29. The number of hydrogen-bond donors (Lipinski definition) is 3. The van der Waals surface area contributed by atoms with E-state index < -0.39 is 11.6 Å². The van der Waals surface area contributed by atoms with E-state index in [0.29, 0.717) is 23.3 Å². The zero-order valence-electron chi connectivity index (χ0n) is 11.1. The number of aromatic amines is 1. The third kappa shape index (κ3) is 2.16. The molecule has 7 heteroatoms. The molecule has 5 nitrogen and oxygen atoms in total. The standard InChI is InChI=1S/C14H12F2N4O/c1-2-17-12-11-9(6-18-14(11)21)19-13(20-12)10-7(15)4-3-5-8(10)16/h3-6,18,21H,2H2,1H3,(H,17,19,20). The highest BCUT2D eigenvalue weighted by molar-refractivity contribution is 5.95. The van der Waals surface area contributed by atoms with Crippen LogP contribution >= 0.6 is 0 Å². The Morgan fingerprint density at radius 1 is 1.24 bits per heavy atom. The van der Waals surface area contributed by atoms with E-state index >= 15 is 0 Å². The quantitative estimate of drug-likeness (QED) is 0.693. The summed E-state index contributed by atoms with van der Waals surface area (Å²) in [6, 6.07) is 3.57. The van der Waals surface area contributed by atoms with Crippen LogP contribution in [0.25, 0.3) is 22.3 Å². The number of aromatic nitrogens is 3. The number of hydrogen-bond acceptors (Lipinski definition) is 4. The minimum atomic E-state index is -0.739. The Kier molecular flexibility index (Phi) is 3.17. The van der Waals surface area contributed by atoms with Gasteiger partial charge in [0.25, 0.3) is 0 Å². The van der Waals surface area contributed by atoms with Gasteiger partial charge in [-0.3, -0.25) is 0 Å². The van der Waals surface area contributed by atoms with Crippen molar-refractivity contribution in [3.05, 3.63) is 36.0 Å². The van der Waals surface area contributed by atoms with Gasteiger partial charge in [-0.25, -0.2) is 18.7 Å². The van der Waals surface area contributed by atoms with Gasteiger partial charge in [0.05, 0.1) is 11.1 Å². The number of fused-ring (bicyclic) bond motifs is 1. The summed E-state index contributed by atoms with van der Waals surface area (Å²) < 4.78 is 27.7. The van der Waals surface area contributed by atoms with Crippen LogP contribution in [0.3, 0.4) is 0 Å². The highest BCUT2D eigenvalue weighted by Crippen LogP contribution is 2.32. The monoisotopic (exact) mass is 290 g/mol. The third-order valence-electron chi connectivity index (χ3n) is 3.05. The van der Waals surface area contributed by atoms with Gasteiger partial charge in [-0.15, -0.1) is 0 Å². The molecule has 0 aliphatic heterocycles. The molecule has 0 atom stereocenters. The second-order valence-corrected chi connectivity index (χ2v) is 4.42. The van der Waals surface area contributed by atoms with Gasteiger partial charge in [0.2, 0.25) is 5.88 Å². The lowest BCUT2D eigenvalue weighted by Gasteiger charge is -2.08. The number of H-pyrrole nitrogens is 1. The number of nitrogens with zero attached hydrogens (tertiary/aromatic N) is 2. The predicted molar refractivity (Wildman–Crippen MR) is 75.1 cm³/mol. The fraction of sp³-hybridized carbons (Fsp3) is 0.143. The van der Waals surface area contributed by atoms with Crippen LogP contribution in [0.4, 0.5) is 14.6 Å². The lowest BCUT2D eigenvalue weighted by atomic mass is 10.1. The second kappa shape index (κ2) is 5.01.